The summed E-state index contributed by atoms with van der Waals surface area (Å²) in [6, 6.07) is 3.63. The summed E-state index contributed by atoms with van der Waals surface area (Å²) in [4.78, 5) is 1.11. The van der Waals surface area contributed by atoms with E-state index in [0.29, 0.717) is 29.8 Å². The van der Waals surface area contributed by atoms with E-state index in [9.17, 15) is 8.42 Å². The van der Waals surface area contributed by atoms with Gasteiger partial charge in [0.1, 0.15) is 4.21 Å². The minimum atomic E-state index is -3.30. The van der Waals surface area contributed by atoms with E-state index >= 15 is 0 Å². The first-order valence-electron chi connectivity index (χ1n) is 6.37. The van der Waals surface area contributed by atoms with Gasteiger partial charge in [-0.15, -0.1) is 23.7 Å². The van der Waals surface area contributed by atoms with Crippen LogP contribution in [0.5, 0.6) is 0 Å². The molecule has 1 aliphatic heterocycles. The van der Waals surface area contributed by atoms with Crippen molar-refractivity contribution >= 4 is 33.8 Å². The molecule has 2 heterocycles. The predicted octanol–water partition coefficient (Wildman–Crippen LogP) is 2.09. The number of hydrogen-bond acceptors (Lipinski definition) is 4. The molecule has 0 aromatic carbocycles. The smallest absolute Gasteiger partial charge is 0.252 e. The van der Waals surface area contributed by atoms with Crippen LogP contribution in [0.1, 0.15) is 24.6 Å². The number of thiophene rings is 1. The number of nitrogens with two attached hydrogens (primary N) is 1. The molecular weight excluding hydrogens is 304 g/mol. The quantitative estimate of drug-likeness (QED) is 0.922. The number of rotatable bonds is 4. The van der Waals surface area contributed by atoms with Crippen LogP contribution < -0.4 is 5.73 Å². The summed E-state index contributed by atoms with van der Waals surface area (Å²) in [5, 5.41) is 0. The van der Waals surface area contributed by atoms with E-state index in [2.05, 4.69) is 0 Å². The van der Waals surface area contributed by atoms with Crippen molar-refractivity contribution in [1.29, 1.82) is 0 Å². The molecule has 1 atom stereocenters. The van der Waals surface area contributed by atoms with Gasteiger partial charge in [-0.25, -0.2) is 8.42 Å². The molecule has 0 spiro atoms. The zero-order chi connectivity index (χ0) is 13.2. The SMILES string of the molecule is CCc1ccc(S(=O)(=O)N2CCCC(CN)C2)s1.Cl. The van der Waals surface area contributed by atoms with Gasteiger partial charge in [0.15, 0.2) is 0 Å². The average molecular weight is 325 g/mol. The Morgan fingerprint density at radius 3 is 2.79 bits per heavy atom. The zero-order valence-electron chi connectivity index (χ0n) is 11.0. The van der Waals surface area contributed by atoms with Gasteiger partial charge in [-0.1, -0.05) is 6.92 Å². The first-order valence-corrected chi connectivity index (χ1v) is 8.62. The summed E-state index contributed by atoms with van der Waals surface area (Å²) in [5.74, 6) is 0.305. The number of sulfonamides is 1. The Morgan fingerprint density at radius 2 is 2.21 bits per heavy atom. The summed E-state index contributed by atoms with van der Waals surface area (Å²) in [6.07, 6.45) is 2.83. The average Bonchev–Trinajstić information content (AvgIpc) is 2.88. The van der Waals surface area contributed by atoms with Gasteiger partial charge in [0.25, 0.3) is 10.0 Å². The molecular formula is C12H21ClN2O2S2. The number of aryl methyl sites for hydroxylation is 1. The van der Waals surface area contributed by atoms with Crippen molar-refractivity contribution < 1.29 is 8.42 Å². The highest BCUT2D eigenvalue weighted by molar-refractivity contribution is 7.91. The van der Waals surface area contributed by atoms with Crippen molar-refractivity contribution in [3.63, 3.8) is 0 Å². The van der Waals surface area contributed by atoms with Crippen LogP contribution in [0.4, 0.5) is 0 Å². The van der Waals surface area contributed by atoms with Gasteiger partial charge in [0, 0.05) is 18.0 Å². The second-order valence-electron chi connectivity index (χ2n) is 4.68. The fraction of sp³-hybridized carbons (Fsp3) is 0.667. The minimum absolute atomic E-state index is 0. The predicted molar refractivity (Wildman–Crippen MR) is 81.5 cm³/mol. The monoisotopic (exact) mass is 324 g/mol. The van der Waals surface area contributed by atoms with E-state index in [-0.39, 0.29) is 12.4 Å². The molecule has 2 N–H and O–H groups in total. The van der Waals surface area contributed by atoms with Crippen molar-refractivity contribution in [2.45, 2.75) is 30.4 Å². The maximum atomic E-state index is 12.5. The molecule has 0 amide bonds. The Labute approximate surface area is 125 Å². The lowest BCUT2D eigenvalue weighted by atomic mass is 10.0. The Morgan fingerprint density at radius 1 is 1.47 bits per heavy atom. The van der Waals surface area contributed by atoms with Crippen LogP contribution in [-0.4, -0.2) is 32.4 Å². The van der Waals surface area contributed by atoms with Crippen molar-refractivity contribution in [2.24, 2.45) is 11.7 Å². The van der Waals surface area contributed by atoms with E-state index in [0.717, 1.165) is 24.1 Å². The van der Waals surface area contributed by atoms with Crippen molar-refractivity contribution in [1.82, 2.24) is 4.31 Å². The Balaban J connectivity index is 0.00000180. The van der Waals surface area contributed by atoms with E-state index < -0.39 is 10.0 Å². The molecule has 1 saturated heterocycles. The first kappa shape index (κ1) is 16.9. The molecule has 7 heteroatoms. The molecule has 0 radical (unpaired) electrons. The zero-order valence-corrected chi connectivity index (χ0v) is 13.5. The Bertz CT molecular complexity index is 502. The summed E-state index contributed by atoms with van der Waals surface area (Å²) in [6.45, 7) is 3.79. The lowest BCUT2D eigenvalue weighted by Crippen LogP contribution is -2.41. The molecule has 19 heavy (non-hydrogen) atoms. The number of hydrogen-bond donors (Lipinski definition) is 1. The first-order chi connectivity index (χ1) is 8.57. The van der Waals surface area contributed by atoms with E-state index in [1.807, 2.05) is 13.0 Å². The van der Waals surface area contributed by atoms with Crippen molar-refractivity contribution in [2.75, 3.05) is 19.6 Å². The standard InChI is InChI=1S/C12H20N2O2S2.ClH/c1-2-11-5-6-12(17-11)18(15,16)14-7-3-4-10(8-13)9-14;/h5-6,10H,2-4,7-9,13H2,1H3;1H. The van der Waals surface area contributed by atoms with E-state index in [1.165, 1.54) is 11.3 Å². The lowest BCUT2D eigenvalue weighted by molar-refractivity contribution is 0.272. The van der Waals surface area contributed by atoms with Gasteiger partial charge in [-0.2, -0.15) is 4.31 Å². The van der Waals surface area contributed by atoms with Gasteiger partial charge >= 0.3 is 0 Å². The Kier molecular flexibility index (Phi) is 6.26. The molecule has 1 aliphatic rings. The molecule has 4 nitrogen and oxygen atoms in total. The maximum absolute atomic E-state index is 12.5. The fourth-order valence-corrected chi connectivity index (χ4v) is 5.26. The molecule has 2 rings (SSSR count). The third-order valence-electron chi connectivity index (χ3n) is 3.39. The normalized spacial score (nSPS) is 21.1. The minimum Gasteiger partial charge on any atom is -0.330 e. The molecule has 0 saturated carbocycles. The number of nitrogens with zero attached hydrogens (tertiary/aromatic N) is 1. The van der Waals surface area contributed by atoms with Crippen LogP contribution in [0, 0.1) is 5.92 Å². The highest BCUT2D eigenvalue weighted by Crippen LogP contribution is 2.28. The highest BCUT2D eigenvalue weighted by Gasteiger charge is 2.30. The molecule has 0 bridgehead atoms. The van der Waals surface area contributed by atoms with Gasteiger partial charge in [-0.3, -0.25) is 0 Å². The number of piperidine rings is 1. The van der Waals surface area contributed by atoms with Crippen LogP contribution in [0.25, 0.3) is 0 Å². The second-order valence-corrected chi connectivity index (χ2v) is 8.01. The topological polar surface area (TPSA) is 63.4 Å². The fourth-order valence-electron chi connectivity index (χ4n) is 2.25. The summed E-state index contributed by atoms with van der Waals surface area (Å²) < 4.78 is 27.0. The van der Waals surface area contributed by atoms with Crippen LogP contribution in [0.2, 0.25) is 0 Å². The third kappa shape index (κ3) is 3.70. The molecule has 1 aromatic heterocycles. The van der Waals surface area contributed by atoms with Gasteiger partial charge in [0.2, 0.25) is 0 Å². The molecule has 1 fully saturated rings. The second kappa shape index (κ2) is 7.04. The van der Waals surface area contributed by atoms with Gasteiger partial charge in [0.05, 0.1) is 0 Å². The van der Waals surface area contributed by atoms with Crippen LogP contribution in [-0.2, 0) is 16.4 Å². The van der Waals surface area contributed by atoms with Gasteiger partial charge in [-0.05, 0) is 43.9 Å². The summed E-state index contributed by atoms with van der Waals surface area (Å²) >= 11 is 1.38. The van der Waals surface area contributed by atoms with Crippen molar-refractivity contribution in [3.05, 3.63) is 17.0 Å². The molecule has 0 aliphatic carbocycles. The van der Waals surface area contributed by atoms with Crippen molar-refractivity contribution in [3.8, 4) is 0 Å². The third-order valence-corrected chi connectivity index (χ3v) is 6.96. The Hall–Kier alpha value is -0.140. The van der Waals surface area contributed by atoms with Crippen LogP contribution in [0.3, 0.4) is 0 Å². The van der Waals surface area contributed by atoms with Gasteiger partial charge < -0.3 is 5.73 Å². The largest absolute Gasteiger partial charge is 0.330 e. The molecule has 1 aromatic rings. The molecule has 1 unspecified atom stereocenters. The highest BCUT2D eigenvalue weighted by atomic mass is 35.5. The molecule has 110 valence electrons. The van der Waals surface area contributed by atoms with E-state index in [1.54, 1.807) is 10.4 Å². The number of halogens is 1. The lowest BCUT2D eigenvalue weighted by Gasteiger charge is -2.30. The van der Waals surface area contributed by atoms with Crippen LogP contribution >= 0.6 is 23.7 Å². The maximum Gasteiger partial charge on any atom is 0.252 e. The summed E-state index contributed by atoms with van der Waals surface area (Å²) in [7, 11) is -3.30. The van der Waals surface area contributed by atoms with Crippen LogP contribution in [0.15, 0.2) is 16.3 Å². The van der Waals surface area contributed by atoms with E-state index in [4.69, 9.17) is 5.73 Å². The summed E-state index contributed by atoms with van der Waals surface area (Å²) in [5.41, 5.74) is 5.65.